The van der Waals surface area contributed by atoms with E-state index in [0.29, 0.717) is 13.2 Å². The van der Waals surface area contributed by atoms with Crippen LogP contribution in [-0.4, -0.2) is 42.5 Å². The van der Waals surface area contributed by atoms with Crippen molar-refractivity contribution in [1.29, 1.82) is 0 Å². The second kappa shape index (κ2) is 6.48. The van der Waals surface area contributed by atoms with Crippen LogP contribution in [0.4, 0.5) is 5.69 Å². The molecule has 0 aromatic heterocycles. The molecule has 2 heterocycles. The standard InChI is InChI=1S/C17H22N2O3/c1-2-22-12-6-5-9-19(11-12)17(21)14-10-16(20)18-15-8-4-3-7-13(14)15/h3-4,7-8,12,14H,2,5-6,9-11H2,1H3,(H,18,20)/t12-,14+/m1/s1. The number of carbonyl (C=O) groups excluding carboxylic acids is 2. The first-order valence-corrected chi connectivity index (χ1v) is 7.98. The number of fused-ring (bicyclic) bond motifs is 1. The Hall–Kier alpha value is -1.88. The van der Waals surface area contributed by atoms with Crippen LogP contribution in [0.1, 0.15) is 37.7 Å². The Morgan fingerprint density at radius 2 is 2.23 bits per heavy atom. The zero-order chi connectivity index (χ0) is 15.5. The lowest BCUT2D eigenvalue weighted by Crippen LogP contribution is -2.46. The predicted molar refractivity (Wildman–Crippen MR) is 83.7 cm³/mol. The monoisotopic (exact) mass is 302 g/mol. The quantitative estimate of drug-likeness (QED) is 0.930. The molecule has 0 radical (unpaired) electrons. The summed E-state index contributed by atoms with van der Waals surface area (Å²) in [7, 11) is 0. The summed E-state index contributed by atoms with van der Waals surface area (Å²) in [6, 6.07) is 7.57. The van der Waals surface area contributed by atoms with Crippen molar-refractivity contribution in [1.82, 2.24) is 4.90 Å². The molecule has 1 aromatic rings. The van der Waals surface area contributed by atoms with E-state index in [1.807, 2.05) is 36.1 Å². The van der Waals surface area contributed by atoms with Gasteiger partial charge in [-0.3, -0.25) is 9.59 Å². The molecule has 0 spiro atoms. The Morgan fingerprint density at radius 1 is 1.41 bits per heavy atom. The van der Waals surface area contributed by atoms with Crippen molar-refractivity contribution in [3.05, 3.63) is 29.8 Å². The summed E-state index contributed by atoms with van der Waals surface area (Å²) in [6.07, 6.45) is 2.30. The molecule has 3 rings (SSSR count). The number of nitrogens with zero attached hydrogens (tertiary/aromatic N) is 1. The lowest BCUT2D eigenvalue weighted by molar-refractivity contribution is -0.138. The number of para-hydroxylation sites is 1. The number of piperidine rings is 1. The van der Waals surface area contributed by atoms with Crippen LogP contribution >= 0.6 is 0 Å². The summed E-state index contributed by atoms with van der Waals surface area (Å²) in [5.41, 5.74) is 1.68. The molecular formula is C17H22N2O3. The molecular weight excluding hydrogens is 280 g/mol. The highest BCUT2D eigenvalue weighted by atomic mass is 16.5. The van der Waals surface area contributed by atoms with E-state index in [1.54, 1.807) is 0 Å². The molecule has 0 unspecified atom stereocenters. The van der Waals surface area contributed by atoms with Gasteiger partial charge in [-0.1, -0.05) is 18.2 Å². The number of hydrogen-bond donors (Lipinski definition) is 1. The van der Waals surface area contributed by atoms with Crippen LogP contribution in [0.3, 0.4) is 0 Å². The van der Waals surface area contributed by atoms with Gasteiger partial charge in [-0.15, -0.1) is 0 Å². The highest BCUT2D eigenvalue weighted by molar-refractivity contribution is 6.01. The van der Waals surface area contributed by atoms with Gasteiger partial charge < -0.3 is 15.0 Å². The van der Waals surface area contributed by atoms with Crippen molar-refractivity contribution in [3.63, 3.8) is 0 Å². The van der Waals surface area contributed by atoms with Crippen LogP contribution in [0.15, 0.2) is 24.3 Å². The minimum absolute atomic E-state index is 0.0479. The number of hydrogen-bond acceptors (Lipinski definition) is 3. The van der Waals surface area contributed by atoms with Crippen molar-refractivity contribution in [2.75, 3.05) is 25.0 Å². The molecule has 118 valence electrons. The average molecular weight is 302 g/mol. The Kier molecular flexibility index (Phi) is 4.43. The van der Waals surface area contributed by atoms with Crippen molar-refractivity contribution in [2.45, 2.75) is 38.2 Å². The third kappa shape index (κ3) is 2.99. The van der Waals surface area contributed by atoms with Crippen molar-refractivity contribution in [2.24, 2.45) is 0 Å². The lowest BCUT2D eigenvalue weighted by atomic mass is 9.88. The van der Waals surface area contributed by atoms with E-state index in [4.69, 9.17) is 4.74 Å². The SMILES string of the molecule is CCO[C@@H]1CCCN(C(=O)[C@H]2CC(=O)Nc3ccccc32)C1. The molecule has 1 saturated heterocycles. The molecule has 22 heavy (non-hydrogen) atoms. The third-order valence-electron chi connectivity index (χ3n) is 4.39. The van der Waals surface area contributed by atoms with Crippen LogP contribution < -0.4 is 5.32 Å². The number of carbonyl (C=O) groups is 2. The third-order valence-corrected chi connectivity index (χ3v) is 4.39. The van der Waals surface area contributed by atoms with E-state index in [2.05, 4.69) is 5.32 Å². The number of likely N-dealkylation sites (tertiary alicyclic amines) is 1. The second-order valence-electron chi connectivity index (χ2n) is 5.90. The molecule has 1 aromatic carbocycles. The summed E-state index contributed by atoms with van der Waals surface area (Å²) >= 11 is 0. The molecule has 2 aliphatic heterocycles. The first-order chi connectivity index (χ1) is 10.7. The minimum Gasteiger partial charge on any atom is -0.377 e. The number of rotatable bonds is 3. The number of benzene rings is 1. The van der Waals surface area contributed by atoms with Crippen LogP contribution in [0, 0.1) is 0 Å². The molecule has 0 aliphatic carbocycles. The predicted octanol–water partition coefficient (Wildman–Crippen LogP) is 2.14. The Labute approximate surface area is 130 Å². The van der Waals surface area contributed by atoms with Gasteiger partial charge >= 0.3 is 0 Å². The fourth-order valence-electron chi connectivity index (χ4n) is 3.36. The van der Waals surface area contributed by atoms with E-state index in [-0.39, 0.29) is 30.3 Å². The minimum atomic E-state index is -0.370. The highest BCUT2D eigenvalue weighted by Crippen LogP contribution is 2.34. The summed E-state index contributed by atoms with van der Waals surface area (Å²) in [5, 5.41) is 2.84. The van der Waals surface area contributed by atoms with Gasteiger partial charge in [0.25, 0.3) is 0 Å². The van der Waals surface area contributed by atoms with Crippen LogP contribution in [0.25, 0.3) is 0 Å². The largest absolute Gasteiger partial charge is 0.377 e. The molecule has 1 fully saturated rings. The van der Waals surface area contributed by atoms with Gasteiger partial charge in [0, 0.05) is 31.8 Å². The number of nitrogens with one attached hydrogen (secondary N) is 1. The maximum atomic E-state index is 12.9. The molecule has 2 aliphatic rings. The van der Waals surface area contributed by atoms with E-state index >= 15 is 0 Å². The summed E-state index contributed by atoms with van der Waals surface area (Å²) in [6.45, 7) is 4.03. The summed E-state index contributed by atoms with van der Waals surface area (Å²) in [4.78, 5) is 26.7. The van der Waals surface area contributed by atoms with Gasteiger partial charge in [0.2, 0.25) is 11.8 Å². The zero-order valence-corrected chi connectivity index (χ0v) is 12.9. The molecule has 2 amide bonds. The molecule has 1 N–H and O–H groups in total. The number of amides is 2. The average Bonchev–Trinajstić information content (AvgIpc) is 2.54. The lowest BCUT2D eigenvalue weighted by Gasteiger charge is -2.36. The van der Waals surface area contributed by atoms with Crippen molar-refractivity contribution >= 4 is 17.5 Å². The van der Waals surface area contributed by atoms with Crippen LogP contribution in [0.2, 0.25) is 0 Å². The van der Waals surface area contributed by atoms with Crippen molar-refractivity contribution < 1.29 is 14.3 Å². The first kappa shape index (κ1) is 15.0. The fourth-order valence-corrected chi connectivity index (χ4v) is 3.36. The van der Waals surface area contributed by atoms with Gasteiger partial charge in [-0.25, -0.2) is 0 Å². The molecule has 5 heteroatoms. The highest BCUT2D eigenvalue weighted by Gasteiger charge is 2.35. The maximum Gasteiger partial charge on any atom is 0.230 e. The van der Waals surface area contributed by atoms with Crippen LogP contribution in [0.5, 0.6) is 0 Å². The van der Waals surface area contributed by atoms with Gasteiger partial charge in [0.05, 0.1) is 12.0 Å². The van der Waals surface area contributed by atoms with Gasteiger partial charge in [0.15, 0.2) is 0 Å². The molecule has 0 saturated carbocycles. The number of anilines is 1. The van der Waals surface area contributed by atoms with Gasteiger partial charge in [-0.2, -0.15) is 0 Å². The first-order valence-electron chi connectivity index (χ1n) is 7.98. The van der Waals surface area contributed by atoms with E-state index in [1.165, 1.54) is 0 Å². The Bertz CT molecular complexity index is 571. The molecule has 0 bridgehead atoms. The smallest absolute Gasteiger partial charge is 0.230 e. The van der Waals surface area contributed by atoms with E-state index < -0.39 is 0 Å². The molecule has 2 atom stereocenters. The molecule has 5 nitrogen and oxygen atoms in total. The van der Waals surface area contributed by atoms with E-state index in [9.17, 15) is 9.59 Å². The number of ether oxygens (including phenoxy) is 1. The maximum absolute atomic E-state index is 12.9. The fraction of sp³-hybridized carbons (Fsp3) is 0.529. The Balaban J connectivity index is 1.78. The topological polar surface area (TPSA) is 58.6 Å². The second-order valence-corrected chi connectivity index (χ2v) is 5.90. The normalized spacial score (nSPS) is 24.6. The Morgan fingerprint density at radius 3 is 3.05 bits per heavy atom. The van der Waals surface area contributed by atoms with E-state index in [0.717, 1.165) is 30.6 Å². The summed E-state index contributed by atoms with van der Waals surface area (Å²) < 4.78 is 5.67. The van der Waals surface area contributed by atoms with Gasteiger partial charge in [-0.05, 0) is 31.4 Å². The zero-order valence-electron chi connectivity index (χ0n) is 12.9. The van der Waals surface area contributed by atoms with Crippen LogP contribution in [-0.2, 0) is 14.3 Å². The van der Waals surface area contributed by atoms with Gasteiger partial charge in [0.1, 0.15) is 0 Å². The summed E-state index contributed by atoms with van der Waals surface area (Å²) in [5.74, 6) is -0.410. The van der Waals surface area contributed by atoms with Crippen molar-refractivity contribution in [3.8, 4) is 0 Å².